The van der Waals surface area contributed by atoms with Gasteiger partial charge in [-0.1, -0.05) is 18.5 Å². The zero-order chi connectivity index (χ0) is 25.5. The number of halogens is 3. The molecule has 35 heavy (non-hydrogen) atoms. The first-order chi connectivity index (χ1) is 16.5. The number of carbonyl (C=O) groups is 2. The topological polar surface area (TPSA) is 96.4 Å². The number of nitrogens with zero attached hydrogens (tertiary/aromatic N) is 2. The van der Waals surface area contributed by atoms with Gasteiger partial charge in [0.25, 0.3) is 5.91 Å². The molecule has 1 aliphatic heterocycles. The van der Waals surface area contributed by atoms with Crippen LogP contribution < -0.4 is 5.32 Å². The minimum Gasteiger partial charge on any atom is -0.347 e. The average molecular weight is 526 g/mol. The van der Waals surface area contributed by atoms with Crippen LogP contribution >= 0.6 is 11.6 Å². The predicted octanol–water partition coefficient (Wildman–Crippen LogP) is 4.07. The SMILES string of the molecule is CC[C@@H]1CC[C@H](C(=O)NC(c2cc(F)c(Cl)cc2F)C2CC2)N1C(=O)c1ccnc(S(C)(=O)=O)c1. The van der Waals surface area contributed by atoms with Crippen LogP contribution in [0.2, 0.25) is 5.02 Å². The van der Waals surface area contributed by atoms with Crippen LogP contribution in [0.15, 0.2) is 35.5 Å². The summed E-state index contributed by atoms with van der Waals surface area (Å²) in [7, 11) is -3.63. The summed E-state index contributed by atoms with van der Waals surface area (Å²) in [4.78, 5) is 32.1. The third-order valence-corrected chi connectivity index (χ3v) is 7.91. The molecule has 11 heteroatoms. The number of likely N-dealkylation sites (tertiary alicyclic amines) is 1. The molecule has 0 spiro atoms. The fourth-order valence-electron chi connectivity index (χ4n) is 4.65. The molecule has 4 rings (SSSR count). The fourth-order valence-corrected chi connectivity index (χ4v) is 5.39. The van der Waals surface area contributed by atoms with Crippen LogP contribution in [0.4, 0.5) is 8.78 Å². The Morgan fingerprint density at radius 1 is 1.17 bits per heavy atom. The van der Waals surface area contributed by atoms with E-state index in [1.165, 1.54) is 23.2 Å². The molecule has 2 fully saturated rings. The molecule has 1 saturated carbocycles. The molecular formula is C24H26ClF2N3O4S. The Kier molecular flexibility index (Phi) is 7.15. The van der Waals surface area contributed by atoms with Gasteiger partial charge in [-0.25, -0.2) is 22.2 Å². The summed E-state index contributed by atoms with van der Waals surface area (Å²) in [5.41, 5.74) is 0.140. The van der Waals surface area contributed by atoms with Crippen LogP contribution in [0, 0.1) is 17.6 Å². The molecule has 2 heterocycles. The Labute approximate surface area is 207 Å². The maximum Gasteiger partial charge on any atom is 0.254 e. The molecule has 1 aliphatic carbocycles. The number of benzene rings is 1. The highest BCUT2D eigenvalue weighted by Gasteiger charge is 2.43. The van der Waals surface area contributed by atoms with Crippen molar-refractivity contribution in [2.75, 3.05) is 6.26 Å². The highest BCUT2D eigenvalue weighted by molar-refractivity contribution is 7.90. The van der Waals surface area contributed by atoms with Crippen LogP contribution in [0.5, 0.6) is 0 Å². The lowest BCUT2D eigenvalue weighted by atomic mass is 10.0. The monoisotopic (exact) mass is 525 g/mol. The Bertz CT molecular complexity index is 1270. The number of carbonyl (C=O) groups excluding carboxylic acids is 2. The van der Waals surface area contributed by atoms with E-state index in [0.717, 1.165) is 31.2 Å². The summed E-state index contributed by atoms with van der Waals surface area (Å²) in [6, 6.07) is 2.73. The van der Waals surface area contributed by atoms with E-state index in [1.807, 2.05) is 6.92 Å². The van der Waals surface area contributed by atoms with Gasteiger partial charge >= 0.3 is 0 Å². The molecule has 188 valence electrons. The van der Waals surface area contributed by atoms with Crippen molar-refractivity contribution in [3.63, 3.8) is 0 Å². The molecule has 1 unspecified atom stereocenters. The van der Waals surface area contributed by atoms with Gasteiger partial charge in [-0.05, 0) is 62.3 Å². The van der Waals surface area contributed by atoms with Crippen LogP contribution in [-0.4, -0.2) is 48.5 Å². The van der Waals surface area contributed by atoms with Gasteiger partial charge in [0.2, 0.25) is 5.91 Å². The molecular weight excluding hydrogens is 500 g/mol. The lowest BCUT2D eigenvalue weighted by molar-refractivity contribution is -0.126. The molecule has 0 bridgehead atoms. The van der Waals surface area contributed by atoms with Crippen molar-refractivity contribution in [2.45, 2.75) is 62.2 Å². The summed E-state index contributed by atoms with van der Waals surface area (Å²) in [5.74, 6) is -2.46. The number of rotatable bonds is 7. The molecule has 7 nitrogen and oxygen atoms in total. The molecule has 3 atom stereocenters. The van der Waals surface area contributed by atoms with E-state index in [-0.39, 0.29) is 33.1 Å². The minimum atomic E-state index is -3.63. The molecule has 2 aromatic rings. The maximum atomic E-state index is 14.7. The smallest absolute Gasteiger partial charge is 0.254 e. The van der Waals surface area contributed by atoms with Gasteiger partial charge in [0.15, 0.2) is 14.9 Å². The summed E-state index contributed by atoms with van der Waals surface area (Å²) < 4.78 is 52.6. The minimum absolute atomic E-state index is 0.0255. The second-order valence-corrected chi connectivity index (χ2v) is 11.5. The van der Waals surface area contributed by atoms with Gasteiger partial charge in [-0.15, -0.1) is 0 Å². The quantitative estimate of drug-likeness (QED) is 0.550. The lowest BCUT2D eigenvalue weighted by Gasteiger charge is -2.31. The zero-order valence-corrected chi connectivity index (χ0v) is 20.9. The average Bonchev–Trinajstić information content (AvgIpc) is 3.56. The Morgan fingerprint density at radius 3 is 2.51 bits per heavy atom. The Hall–Kier alpha value is -2.59. The first-order valence-electron chi connectivity index (χ1n) is 11.4. The van der Waals surface area contributed by atoms with Crippen molar-refractivity contribution in [3.05, 3.63) is 58.2 Å². The van der Waals surface area contributed by atoms with Gasteiger partial charge < -0.3 is 10.2 Å². The van der Waals surface area contributed by atoms with Crippen molar-refractivity contribution in [3.8, 4) is 0 Å². The second kappa shape index (κ2) is 9.81. The van der Waals surface area contributed by atoms with E-state index in [9.17, 15) is 26.8 Å². The van der Waals surface area contributed by atoms with Crippen molar-refractivity contribution >= 4 is 33.3 Å². The number of amides is 2. The van der Waals surface area contributed by atoms with Crippen molar-refractivity contribution in [2.24, 2.45) is 5.92 Å². The van der Waals surface area contributed by atoms with E-state index < -0.39 is 45.4 Å². The highest BCUT2D eigenvalue weighted by atomic mass is 35.5. The third-order valence-electron chi connectivity index (χ3n) is 6.64. The van der Waals surface area contributed by atoms with Crippen LogP contribution in [0.3, 0.4) is 0 Å². The first-order valence-corrected chi connectivity index (χ1v) is 13.7. The number of aromatic nitrogens is 1. The summed E-state index contributed by atoms with van der Waals surface area (Å²) >= 11 is 5.69. The van der Waals surface area contributed by atoms with Crippen molar-refractivity contribution in [1.82, 2.24) is 15.2 Å². The Morgan fingerprint density at radius 2 is 1.89 bits per heavy atom. The van der Waals surface area contributed by atoms with Crippen LogP contribution in [-0.2, 0) is 14.6 Å². The van der Waals surface area contributed by atoms with Gasteiger partial charge in [-0.3, -0.25) is 9.59 Å². The van der Waals surface area contributed by atoms with E-state index >= 15 is 0 Å². The van der Waals surface area contributed by atoms with Gasteiger partial charge in [0.1, 0.15) is 17.7 Å². The number of pyridine rings is 1. The van der Waals surface area contributed by atoms with E-state index in [1.54, 1.807) is 0 Å². The van der Waals surface area contributed by atoms with Gasteiger partial charge in [0.05, 0.1) is 11.1 Å². The summed E-state index contributed by atoms with van der Waals surface area (Å²) in [5, 5.41) is 2.28. The van der Waals surface area contributed by atoms with Gasteiger partial charge in [-0.2, -0.15) is 0 Å². The van der Waals surface area contributed by atoms with Crippen LogP contribution in [0.1, 0.15) is 61.0 Å². The number of sulfone groups is 1. The lowest BCUT2D eigenvalue weighted by Crippen LogP contribution is -2.49. The van der Waals surface area contributed by atoms with E-state index in [2.05, 4.69) is 10.3 Å². The molecule has 2 amide bonds. The van der Waals surface area contributed by atoms with E-state index in [0.29, 0.717) is 19.3 Å². The normalized spacial score (nSPS) is 21.1. The maximum absolute atomic E-state index is 14.7. The number of hydrogen-bond acceptors (Lipinski definition) is 5. The zero-order valence-electron chi connectivity index (χ0n) is 19.3. The molecule has 1 aromatic heterocycles. The third kappa shape index (κ3) is 5.33. The summed E-state index contributed by atoms with van der Waals surface area (Å²) in [6.07, 6.45) is 5.34. The predicted molar refractivity (Wildman–Crippen MR) is 126 cm³/mol. The standard InChI is InChI=1S/C24H26ClF2N3O4S/c1-3-15-6-7-20(30(15)24(32)14-8-9-28-21(10-14)35(2,33)34)23(31)29-22(13-4-5-13)16-11-19(27)17(25)12-18(16)26/h8-13,15,20,22H,3-7H2,1-2H3,(H,29,31)/t15-,20-,22?/m1/s1. The largest absolute Gasteiger partial charge is 0.347 e. The molecule has 2 aliphatic rings. The molecule has 1 saturated heterocycles. The second-order valence-electron chi connectivity index (χ2n) is 9.13. The molecule has 0 radical (unpaired) electrons. The van der Waals surface area contributed by atoms with Gasteiger partial charge in [0, 0.05) is 29.6 Å². The molecule has 1 aromatic carbocycles. The summed E-state index contributed by atoms with van der Waals surface area (Å²) in [6.45, 7) is 1.90. The number of nitrogens with one attached hydrogen (secondary N) is 1. The van der Waals surface area contributed by atoms with Crippen molar-refractivity contribution in [1.29, 1.82) is 0 Å². The Balaban J connectivity index is 1.61. The van der Waals surface area contributed by atoms with Crippen LogP contribution in [0.25, 0.3) is 0 Å². The van der Waals surface area contributed by atoms with Crippen molar-refractivity contribution < 1.29 is 26.8 Å². The number of hydrogen-bond donors (Lipinski definition) is 1. The highest BCUT2D eigenvalue weighted by Crippen LogP contribution is 2.43. The van der Waals surface area contributed by atoms with E-state index in [4.69, 9.17) is 11.6 Å². The fraction of sp³-hybridized carbons (Fsp3) is 0.458. The molecule has 1 N–H and O–H groups in total. The first kappa shape index (κ1) is 25.5.